The van der Waals surface area contributed by atoms with E-state index in [0.717, 1.165) is 11.3 Å². The van der Waals surface area contributed by atoms with E-state index >= 15 is 0 Å². The third-order valence-corrected chi connectivity index (χ3v) is 2.60. The monoisotopic (exact) mass is 271 g/mol. The number of allylic oxidation sites excluding steroid dienone is 6. The van der Waals surface area contributed by atoms with Crippen LogP contribution in [0.4, 0.5) is 0 Å². The molecule has 1 rings (SSSR count). The molecule has 0 aromatic carbocycles. The molecule has 1 aromatic rings. The molecule has 20 heavy (non-hydrogen) atoms. The summed E-state index contributed by atoms with van der Waals surface area (Å²) in [5, 5.41) is 9.54. The first-order chi connectivity index (χ1) is 9.49. The van der Waals surface area contributed by atoms with Gasteiger partial charge in [-0.05, 0) is 36.8 Å². The first-order valence-corrected chi connectivity index (χ1v) is 6.60. The van der Waals surface area contributed by atoms with Gasteiger partial charge in [-0.15, -0.1) is 0 Å². The summed E-state index contributed by atoms with van der Waals surface area (Å²) < 4.78 is 0. The molecule has 3 heteroatoms. The Morgan fingerprint density at radius 3 is 2.60 bits per heavy atom. The van der Waals surface area contributed by atoms with Gasteiger partial charge in [-0.25, -0.2) is 0 Å². The number of aromatic nitrogens is 1. The maximum absolute atomic E-state index is 11.4. The van der Waals surface area contributed by atoms with Crippen molar-refractivity contribution in [3.63, 3.8) is 0 Å². The first kappa shape index (κ1) is 15.8. The lowest BCUT2D eigenvalue weighted by Gasteiger charge is -1.97. The van der Waals surface area contributed by atoms with Crippen molar-refractivity contribution in [1.29, 1.82) is 0 Å². The number of carbonyl (C=O) groups is 1. The third-order valence-electron chi connectivity index (χ3n) is 2.60. The van der Waals surface area contributed by atoms with Crippen LogP contribution in [0.2, 0.25) is 0 Å². The summed E-state index contributed by atoms with van der Waals surface area (Å²) in [6.45, 7) is 5.58. The van der Waals surface area contributed by atoms with Gasteiger partial charge in [0.05, 0.1) is 0 Å². The number of ketones is 1. The number of aliphatic hydroxyl groups is 1. The molecule has 0 atom stereocenters. The van der Waals surface area contributed by atoms with Crippen LogP contribution in [-0.4, -0.2) is 15.9 Å². The Balaban J connectivity index is 2.56. The standard InChI is InChI=1S/C17H21NO2/c1-13(2)17(20)12-16(19)9-5-4-7-14(3)11-15-8-6-10-18-15/h4-13,18-19H,1-3H3. The molecule has 0 radical (unpaired) electrons. The van der Waals surface area contributed by atoms with E-state index in [1.165, 1.54) is 12.2 Å². The minimum Gasteiger partial charge on any atom is -0.508 e. The molecule has 0 aliphatic heterocycles. The van der Waals surface area contributed by atoms with Gasteiger partial charge in [0, 0.05) is 23.9 Å². The average molecular weight is 271 g/mol. The highest BCUT2D eigenvalue weighted by Gasteiger charge is 2.03. The van der Waals surface area contributed by atoms with E-state index in [1.807, 2.05) is 43.5 Å². The van der Waals surface area contributed by atoms with Crippen LogP contribution >= 0.6 is 0 Å². The molecule has 0 saturated heterocycles. The van der Waals surface area contributed by atoms with Crippen molar-refractivity contribution in [1.82, 2.24) is 4.98 Å². The van der Waals surface area contributed by atoms with Gasteiger partial charge in [0.2, 0.25) is 0 Å². The van der Waals surface area contributed by atoms with Crippen LogP contribution in [0.5, 0.6) is 0 Å². The highest BCUT2D eigenvalue weighted by molar-refractivity contribution is 5.91. The van der Waals surface area contributed by atoms with Crippen LogP contribution in [-0.2, 0) is 4.79 Å². The van der Waals surface area contributed by atoms with Crippen LogP contribution in [0, 0.1) is 5.92 Å². The molecule has 0 spiro atoms. The lowest BCUT2D eigenvalue weighted by atomic mass is 10.1. The maximum atomic E-state index is 11.4. The Morgan fingerprint density at radius 1 is 1.30 bits per heavy atom. The Bertz CT molecular complexity index is 544. The normalized spacial score (nSPS) is 13.8. The fourth-order valence-corrected chi connectivity index (χ4v) is 1.45. The van der Waals surface area contributed by atoms with Crippen molar-refractivity contribution in [3.8, 4) is 0 Å². The number of aromatic amines is 1. The fraction of sp³-hybridized carbons (Fsp3) is 0.235. The van der Waals surface area contributed by atoms with Gasteiger partial charge in [0.15, 0.2) is 5.78 Å². The number of aliphatic hydroxyl groups excluding tert-OH is 1. The minimum absolute atomic E-state index is 0.0284. The van der Waals surface area contributed by atoms with Crippen LogP contribution in [0.15, 0.2) is 60.0 Å². The number of rotatable bonds is 6. The van der Waals surface area contributed by atoms with Crippen molar-refractivity contribution in [3.05, 3.63) is 65.7 Å². The van der Waals surface area contributed by atoms with E-state index in [1.54, 1.807) is 19.9 Å². The quantitative estimate of drug-likeness (QED) is 0.463. The molecule has 1 aromatic heterocycles. The second-order valence-electron chi connectivity index (χ2n) is 4.86. The van der Waals surface area contributed by atoms with E-state index in [4.69, 9.17) is 0 Å². The Morgan fingerprint density at radius 2 is 2.00 bits per heavy atom. The lowest BCUT2D eigenvalue weighted by Crippen LogP contribution is -2.03. The molecule has 0 bridgehead atoms. The fourth-order valence-electron chi connectivity index (χ4n) is 1.45. The average Bonchev–Trinajstić information content (AvgIpc) is 2.87. The maximum Gasteiger partial charge on any atom is 0.161 e. The molecule has 0 aliphatic carbocycles. The molecular weight excluding hydrogens is 250 g/mol. The van der Waals surface area contributed by atoms with Crippen LogP contribution in [0.25, 0.3) is 6.08 Å². The Kier molecular flexibility index (Phi) is 6.30. The number of hydrogen-bond donors (Lipinski definition) is 2. The minimum atomic E-state index is -0.105. The van der Waals surface area contributed by atoms with E-state index in [0.29, 0.717) is 0 Å². The van der Waals surface area contributed by atoms with Gasteiger partial charge < -0.3 is 10.1 Å². The Labute approximate surface area is 120 Å². The van der Waals surface area contributed by atoms with Gasteiger partial charge >= 0.3 is 0 Å². The summed E-state index contributed by atoms with van der Waals surface area (Å²) in [6.07, 6.45) is 12.1. The third kappa shape index (κ3) is 6.05. The first-order valence-electron chi connectivity index (χ1n) is 6.60. The molecule has 1 heterocycles. The SMILES string of the molecule is CC(C=CC=CC(O)=CC(=O)C(C)C)=Cc1ccc[nH]1. The number of H-pyrrole nitrogens is 1. The van der Waals surface area contributed by atoms with Crippen molar-refractivity contribution in [2.24, 2.45) is 5.92 Å². The topological polar surface area (TPSA) is 53.1 Å². The predicted octanol–water partition coefficient (Wildman–Crippen LogP) is 4.20. The second kappa shape index (κ2) is 8.00. The summed E-state index contributed by atoms with van der Waals surface area (Å²) in [6, 6.07) is 3.93. The molecule has 106 valence electrons. The zero-order valence-electron chi connectivity index (χ0n) is 12.1. The molecule has 0 saturated carbocycles. The smallest absolute Gasteiger partial charge is 0.161 e. The molecule has 0 unspecified atom stereocenters. The zero-order valence-corrected chi connectivity index (χ0v) is 12.1. The van der Waals surface area contributed by atoms with Crippen LogP contribution in [0.1, 0.15) is 26.5 Å². The summed E-state index contributed by atoms with van der Waals surface area (Å²) in [5.41, 5.74) is 2.13. The largest absolute Gasteiger partial charge is 0.508 e. The number of hydrogen-bond acceptors (Lipinski definition) is 2. The van der Waals surface area contributed by atoms with Crippen LogP contribution in [0.3, 0.4) is 0 Å². The predicted molar refractivity (Wildman–Crippen MR) is 83.3 cm³/mol. The summed E-state index contributed by atoms with van der Waals surface area (Å²) in [5.74, 6) is -0.217. The molecule has 2 N–H and O–H groups in total. The van der Waals surface area contributed by atoms with Crippen molar-refractivity contribution in [2.45, 2.75) is 20.8 Å². The highest BCUT2D eigenvalue weighted by Crippen LogP contribution is 2.05. The van der Waals surface area contributed by atoms with E-state index < -0.39 is 0 Å². The van der Waals surface area contributed by atoms with E-state index in [9.17, 15) is 9.90 Å². The summed E-state index contributed by atoms with van der Waals surface area (Å²) >= 11 is 0. The van der Waals surface area contributed by atoms with Crippen molar-refractivity contribution < 1.29 is 9.90 Å². The molecule has 0 amide bonds. The van der Waals surface area contributed by atoms with Gasteiger partial charge in [0.1, 0.15) is 5.76 Å². The molecule has 0 aliphatic rings. The van der Waals surface area contributed by atoms with Gasteiger partial charge in [-0.2, -0.15) is 0 Å². The van der Waals surface area contributed by atoms with Gasteiger partial charge in [-0.3, -0.25) is 4.79 Å². The highest BCUT2D eigenvalue weighted by atomic mass is 16.3. The van der Waals surface area contributed by atoms with Crippen molar-refractivity contribution >= 4 is 11.9 Å². The molecule has 0 fully saturated rings. The van der Waals surface area contributed by atoms with E-state index in [-0.39, 0.29) is 17.5 Å². The number of carbonyl (C=O) groups excluding carboxylic acids is 1. The second-order valence-corrected chi connectivity index (χ2v) is 4.86. The molecule has 3 nitrogen and oxygen atoms in total. The van der Waals surface area contributed by atoms with Crippen molar-refractivity contribution in [2.75, 3.05) is 0 Å². The van der Waals surface area contributed by atoms with Gasteiger partial charge in [0.25, 0.3) is 0 Å². The van der Waals surface area contributed by atoms with Gasteiger partial charge in [-0.1, -0.05) is 32.1 Å². The zero-order chi connectivity index (χ0) is 15.0. The number of nitrogens with one attached hydrogen (secondary N) is 1. The van der Waals surface area contributed by atoms with Crippen LogP contribution < -0.4 is 0 Å². The lowest BCUT2D eigenvalue weighted by molar-refractivity contribution is -0.117. The Hall–Kier alpha value is -2.29. The van der Waals surface area contributed by atoms with E-state index in [2.05, 4.69) is 4.98 Å². The summed E-state index contributed by atoms with van der Waals surface area (Å²) in [7, 11) is 0. The molecular formula is C17H21NO2. The summed E-state index contributed by atoms with van der Waals surface area (Å²) in [4.78, 5) is 14.5.